The second kappa shape index (κ2) is 6.99. The molecule has 0 aromatic carbocycles. The van der Waals surface area contributed by atoms with E-state index >= 15 is 0 Å². The summed E-state index contributed by atoms with van der Waals surface area (Å²) in [5, 5.41) is 26.3. The Kier molecular flexibility index (Phi) is 6.81. The molecule has 0 aliphatic carbocycles. The van der Waals surface area contributed by atoms with E-state index in [-0.39, 0.29) is 32.0 Å². The smallest absolute Gasteiger partial charge is 0.307 e. The number of aliphatic carboxylic acids is 1. The van der Waals surface area contributed by atoms with Crippen LogP contribution in [-0.4, -0.2) is 53.0 Å². The van der Waals surface area contributed by atoms with Gasteiger partial charge in [-0.1, -0.05) is 6.92 Å². The number of carbonyl (C=O) groups is 1. The highest BCUT2D eigenvalue weighted by Gasteiger charge is 2.28. The summed E-state index contributed by atoms with van der Waals surface area (Å²) in [4.78, 5) is 10.8. The Hall–Kier alpha value is -0.380. The molecule has 0 saturated heterocycles. The van der Waals surface area contributed by atoms with Crippen LogP contribution in [-0.2, 0) is 9.36 Å². The van der Waals surface area contributed by atoms with Crippen molar-refractivity contribution in [3.8, 4) is 0 Å². The zero-order valence-corrected chi connectivity index (χ0v) is 9.82. The van der Waals surface area contributed by atoms with Crippen molar-refractivity contribution >= 4 is 13.1 Å². The Morgan fingerprint density at radius 3 is 2.27 bits per heavy atom. The average Bonchev–Trinajstić information content (AvgIpc) is 2.17. The summed E-state index contributed by atoms with van der Waals surface area (Å²) < 4.78 is 12.1. The Bertz CT molecular complexity index is 241. The Labute approximate surface area is 89.5 Å². The molecule has 6 heteroatoms. The lowest BCUT2D eigenvalue weighted by molar-refractivity contribution is -0.141. The van der Waals surface area contributed by atoms with E-state index in [4.69, 9.17) is 15.3 Å². The van der Waals surface area contributed by atoms with Crippen molar-refractivity contribution in [3.05, 3.63) is 0 Å². The molecule has 0 aromatic heterocycles. The molecule has 0 heterocycles. The van der Waals surface area contributed by atoms with Gasteiger partial charge >= 0.3 is 5.97 Å². The minimum atomic E-state index is -2.58. The highest BCUT2D eigenvalue weighted by Crippen LogP contribution is 2.46. The van der Waals surface area contributed by atoms with Gasteiger partial charge in [0.25, 0.3) is 0 Å². The van der Waals surface area contributed by atoms with Gasteiger partial charge < -0.3 is 19.9 Å². The third-order valence-electron chi connectivity index (χ3n) is 2.46. The Balaban J connectivity index is 4.47. The summed E-state index contributed by atoms with van der Waals surface area (Å²) in [6, 6.07) is 0. The molecule has 0 amide bonds. The number of carboxylic acids is 1. The van der Waals surface area contributed by atoms with Crippen LogP contribution in [0.4, 0.5) is 0 Å². The maximum absolute atomic E-state index is 12.1. The summed E-state index contributed by atoms with van der Waals surface area (Å²) in [5.41, 5.74) is 0. The van der Waals surface area contributed by atoms with Gasteiger partial charge in [-0.25, -0.2) is 0 Å². The van der Waals surface area contributed by atoms with Crippen LogP contribution in [0.3, 0.4) is 0 Å². The third kappa shape index (κ3) is 5.30. The van der Waals surface area contributed by atoms with E-state index in [2.05, 4.69) is 0 Å². The number of carboxylic acid groups (broad SMARTS) is 1. The third-order valence-corrected chi connectivity index (χ3v) is 5.74. The molecule has 0 rings (SSSR count). The van der Waals surface area contributed by atoms with Crippen molar-refractivity contribution < 1.29 is 24.7 Å². The summed E-state index contributed by atoms with van der Waals surface area (Å²) in [7, 11) is -2.58. The lowest BCUT2D eigenvalue weighted by atomic mass is 10.1. The lowest BCUT2D eigenvalue weighted by Gasteiger charge is -2.19. The van der Waals surface area contributed by atoms with Crippen LogP contribution in [0.5, 0.6) is 0 Å². The van der Waals surface area contributed by atoms with Crippen molar-refractivity contribution in [1.82, 2.24) is 0 Å². The molecule has 0 saturated carbocycles. The molecule has 0 aromatic rings. The van der Waals surface area contributed by atoms with Crippen LogP contribution in [0.2, 0.25) is 0 Å². The van der Waals surface area contributed by atoms with E-state index in [9.17, 15) is 9.36 Å². The largest absolute Gasteiger partial charge is 0.481 e. The topological polar surface area (TPSA) is 94.8 Å². The van der Waals surface area contributed by atoms with Gasteiger partial charge in [0.05, 0.1) is 13.1 Å². The number of hydrogen-bond acceptors (Lipinski definition) is 4. The molecular formula is C9H19O5P. The van der Waals surface area contributed by atoms with Crippen LogP contribution in [0.1, 0.15) is 13.3 Å². The monoisotopic (exact) mass is 238 g/mol. The fourth-order valence-electron chi connectivity index (χ4n) is 1.41. The summed E-state index contributed by atoms with van der Waals surface area (Å²) in [6.45, 7) is 1.32. The fraction of sp³-hybridized carbons (Fsp3) is 0.889. The summed E-state index contributed by atoms with van der Waals surface area (Å²) >= 11 is 0. The minimum absolute atomic E-state index is 0.0694. The molecule has 3 N–H and O–H groups in total. The molecule has 0 radical (unpaired) electrons. The maximum Gasteiger partial charge on any atom is 0.307 e. The maximum atomic E-state index is 12.1. The van der Waals surface area contributed by atoms with Crippen molar-refractivity contribution in [1.29, 1.82) is 0 Å². The van der Waals surface area contributed by atoms with Crippen molar-refractivity contribution in [2.24, 2.45) is 5.92 Å². The van der Waals surface area contributed by atoms with Crippen LogP contribution in [0.25, 0.3) is 0 Å². The van der Waals surface area contributed by atoms with Crippen molar-refractivity contribution in [2.45, 2.75) is 13.3 Å². The predicted octanol–water partition coefficient (Wildman–Crippen LogP) is 0.445. The first-order valence-electron chi connectivity index (χ1n) is 5.00. The van der Waals surface area contributed by atoms with Gasteiger partial charge in [0.1, 0.15) is 0 Å². The van der Waals surface area contributed by atoms with Crippen molar-refractivity contribution in [3.63, 3.8) is 0 Å². The molecule has 0 bridgehead atoms. The summed E-state index contributed by atoms with van der Waals surface area (Å²) in [5.74, 6) is -1.80. The van der Waals surface area contributed by atoms with E-state index < -0.39 is 19.0 Å². The molecule has 0 aliphatic heterocycles. The second-order valence-electron chi connectivity index (χ2n) is 3.55. The van der Waals surface area contributed by atoms with Crippen LogP contribution in [0, 0.1) is 5.92 Å². The first kappa shape index (κ1) is 14.6. The molecule has 15 heavy (non-hydrogen) atoms. The lowest BCUT2D eigenvalue weighted by Crippen LogP contribution is -2.21. The van der Waals surface area contributed by atoms with Crippen molar-refractivity contribution in [2.75, 3.05) is 31.7 Å². The van der Waals surface area contributed by atoms with Crippen LogP contribution in [0.15, 0.2) is 0 Å². The van der Waals surface area contributed by atoms with Crippen LogP contribution >= 0.6 is 7.14 Å². The van der Waals surface area contributed by atoms with E-state index in [1.807, 2.05) is 0 Å². The average molecular weight is 238 g/mol. The standard InChI is InChI=1S/C9H19O5P/c1-2-15(14,6-5-11)7-8(3-4-10)9(12)13/h8,10-11H,2-7H2,1H3,(H,12,13). The van der Waals surface area contributed by atoms with Gasteiger partial charge in [0.15, 0.2) is 0 Å². The SMILES string of the molecule is CCP(=O)(CCO)CC(CCO)C(=O)O. The van der Waals surface area contributed by atoms with E-state index in [1.165, 1.54) is 0 Å². The van der Waals surface area contributed by atoms with E-state index in [0.717, 1.165) is 0 Å². The molecule has 0 aliphatic rings. The first-order chi connectivity index (χ1) is 6.99. The van der Waals surface area contributed by atoms with Gasteiger partial charge in [-0.05, 0) is 12.6 Å². The second-order valence-corrected chi connectivity index (χ2v) is 7.11. The molecule has 0 spiro atoms. The fourth-order valence-corrected chi connectivity index (χ4v) is 3.67. The Morgan fingerprint density at radius 1 is 1.33 bits per heavy atom. The van der Waals surface area contributed by atoms with Crippen LogP contribution < -0.4 is 0 Å². The number of hydrogen-bond donors (Lipinski definition) is 3. The minimum Gasteiger partial charge on any atom is -0.481 e. The van der Waals surface area contributed by atoms with Gasteiger partial charge in [0, 0.05) is 25.5 Å². The zero-order chi connectivity index (χ0) is 11.9. The molecule has 0 fully saturated rings. The van der Waals surface area contributed by atoms with E-state index in [1.54, 1.807) is 6.92 Å². The Morgan fingerprint density at radius 2 is 1.93 bits per heavy atom. The first-order valence-corrected chi connectivity index (χ1v) is 7.27. The summed E-state index contributed by atoms with van der Waals surface area (Å²) in [6.07, 6.45) is 0.742. The predicted molar refractivity (Wildman–Crippen MR) is 57.8 cm³/mol. The quantitative estimate of drug-likeness (QED) is 0.533. The molecule has 2 unspecified atom stereocenters. The highest BCUT2D eigenvalue weighted by molar-refractivity contribution is 7.63. The number of aliphatic hydroxyl groups is 2. The number of aliphatic hydroxyl groups excluding tert-OH is 2. The molecule has 5 nitrogen and oxygen atoms in total. The molecule has 90 valence electrons. The molecular weight excluding hydrogens is 219 g/mol. The highest BCUT2D eigenvalue weighted by atomic mass is 31.2. The zero-order valence-electron chi connectivity index (χ0n) is 8.93. The number of rotatable bonds is 8. The van der Waals surface area contributed by atoms with E-state index in [0.29, 0.717) is 6.16 Å². The van der Waals surface area contributed by atoms with Gasteiger partial charge in [-0.3, -0.25) is 4.79 Å². The van der Waals surface area contributed by atoms with Gasteiger partial charge in [-0.2, -0.15) is 0 Å². The van der Waals surface area contributed by atoms with Gasteiger partial charge in [0.2, 0.25) is 0 Å². The molecule has 2 atom stereocenters. The normalized spacial score (nSPS) is 17.0. The van der Waals surface area contributed by atoms with Gasteiger partial charge in [-0.15, -0.1) is 0 Å².